The maximum atomic E-state index is 11.9. The van der Waals surface area contributed by atoms with E-state index in [0.717, 1.165) is 12.2 Å². The molecule has 1 heterocycles. The molecule has 1 amide bonds. The van der Waals surface area contributed by atoms with Crippen LogP contribution in [-0.2, 0) is 10.2 Å². The Morgan fingerprint density at radius 3 is 2.71 bits per heavy atom. The quantitative estimate of drug-likeness (QED) is 0.701. The molecule has 0 N–H and O–H groups in total. The van der Waals surface area contributed by atoms with Gasteiger partial charge in [-0.15, -0.1) is 11.6 Å². The van der Waals surface area contributed by atoms with Gasteiger partial charge in [0, 0.05) is 17.6 Å². The molecule has 17 heavy (non-hydrogen) atoms. The van der Waals surface area contributed by atoms with Crippen molar-refractivity contribution < 1.29 is 4.79 Å². The van der Waals surface area contributed by atoms with Gasteiger partial charge >= 0.3 is 0 Å². The van der Waals surface area contributed by atoms with Crippen molar-refractivity contribution in [1.82, 2.24) is 0 Å². The Balaban J connectivity index is 2.06. The van der Waals surface area contributed by atoms with Gasteiger partial charge in [-0.25, -0.2) is 0 Å². The molecule has 2 nitrogen and oxygen atoms in total. The van der Waals surface area contributed by atoms with Crippen molar-refractivity contribution in [3.8, 4) is 0 Å². The first-order valence-electron chi connectivity index (χ1n) is 6.23. The van der Waals surface area contributed by atoms with E-state index in [1.54, 1.807) is 0 Å². The average molecular weight is 250 g/mol. The van der Waals surface area contributed by atoms with E-state index in [-0.39, 0.29) is 17.2 Å². The van der Waals surface area contributed by atoms with Gasteiger partial charge in [0.05, 0.1) is 0 Å². The summed E-state index contributed by atoms with van der Waals surface area (Å²) in [5.74, 6) is 0.104. The van der Waals surface area contributed by atoms with Crippen LogP contribution in [0.2, 0.25) is 0 Å². The number of carbonyl (C=O) groups is 1. The van der Waals surface area contributed by atoms with E-state index in [1.807, 2.05) is 17.0 Å². The normalized spacial score (nSPS) is 20.9. The topological polar surface area (TPSA) is 20.3 Å². The predicted molar refractivity (Wildman–Crippen MR) is 69.7 cm³/mol. The van der Waals surface area contributed by atoms with Gasteiger partial charge in [-0.2, -0.15) is 0 Å². The molecule has 0 radical (unpaired) electrons. The zero-order chi connectivity index (χ0) is 11.9. The van der Waals surface area contributed by atoms with Gasteiger partial charge in [-0.1, -0.05) is 31.0 Å². The summed E-state index contributed by atoms with van der Waals surface area (Å²) in [6, 6.07) is 8.31. The van der Waals surface area contributed by atoms with Gasteiger partial charge in [0.2, 0.25) is 5.91 Å². The Bertz CT molecular complexity index is 451. The van der Waals surface area contributed by atoms with Crippen molar-refractivity contribution >= 4 is 23.2 Å². The second kappa shape index (κ2) is 4.02. The lowest BCUT2D eigenvalue weighted by Crippen LogP contribution is -2.36. The second-order valence-electron chi connectivity index (χ2n) is 5.12. The molecule has 2 aliphatic rings. The van der Waals surface area contributed by atoms with Gasteiger partial charge in [0.1, 0.15) is 5.88 Å². The fourth-order valence-corrected chi connectivity index (χ4v) is 3.55. The fourth-order valence-electron chi connectivity index (χ4n) is 3.40. The van der Waals surface area contributed by atoms with Crippen molar-refractivity contribution in [3.05, 3.63) is 29.8 Å². The minimum absolute atomic E-state index is 0.0305. The molecule has 3 rings (SSSR count). The first-order valence-corrected chi connectivity index (χ1v) is 6.76. The predicted octanol–water partition coefficient (Wildman–Crippen LogP) is 3.08. The molecule has 1 spiro atoms. The van der Waals surface area contributed by atoms with E-state index >= 15 is 0 Å². The second-order valence-corrected chi connectivity index (χ2v) is 5.39. The number of rotatable bonds is 1. The molecule has 1 saturated carbocycles. The highest BCUT2D eigenvalue weighted by Gasteiger charge is 2.45. The minimum atomic E-state index is 0.0305. The summed E-state index contributed by atoms with van der Waals surface area (Å²) in [6.07, 6.45) is 4.96. The molecular formula is C14H16ClNO. The Labute approximate surface area is 107 Å². The Hall–Kier alpha value is -1.02. The third-order valence-electron chi connectivity index (χ3n) is 4.20. The molecule has 0 unspecified atom stereocenters. The van der Waals surface area contributed by atoms with Gasteiger partial charge in [-0.05, 0) is 24.5 Å². The van der Waals surface area contributed by atoms with E-state index in [2.05, 4.69) is 12.1 Å². The van der Waals surface area contributed by atoms with Crippen LogP contribution < -0.4 is 4.90 Å². The number of halogens is 1. The number of para-hydroxylation sites is 1. The van der Waals surface area contributed by atoms with Crippen LogP contribution in [0.25, 0.3) is 0 Å². The zero-order valence-corrected chi connectivity index (χ0v) is 10.5. The Morgan fingerprint density at radius 1 is 1.29 bits per heavy atom. The minimum Gasteiger partial charge on any atom is -0.310 e. The number of hydrogen-bond donors (Lipinski definition) is 0. The third kappa shape index (κ3) is 1.58. The summed E-state index contributed by atoms with van der Waals surface area (Å²) >= 11 is 5.70. The molecule has 3 heteroatoms. The molecule has 0 aromatic heterocycles. The number of hydrogen-bond acceptors (Lipinski definition) is 1. The first-order chi connectivity index (χ1) is 8.27. The van der Waals surface area contributed by atoms with Crippen LogP contribution in [0.1, 0.15) is 31.2 Å². The van der Waals surface area contributed by atoms with E-state index in [4.69, 9.17) is 11.6 Å². The number of fused-ring (bicyclic) bond motifs is 2. The molecule has 1 aliphatic carbocycles. The summed E-state index contributed by atoms with van der Waals surface area (Å²) in [5, 5.41) is 0. The number of amides is 1. The van der Waals surface area contributed by atoms with Gasteiger partial charge in [0.25, 0.3) is 0 Å². The summed E-state index contributed by atoms with van der Waals surface area (Å²) in [7, 11) is 0. The molecular weight excluding hydrogens is 234 g/mol. The molecule has 1 aliphatic heterocycles. The third-order valence-corrected chi connectivity index (χ3v) is 4.43. The Morgan fingerprint density at radius 2 is 2.00 bits per heavy atom. The van der Waals surface area contributed by atoms with Gasteiger partial charge < -0.3 is 4.90 Å². The molecule has 1 aromatic carbocycles. The molecule has 0 saturated heterocycles. The zero-order valence-electron chi connectivity index (χ0n) is 9.79. The lowest BCUT2D eigenvalue weighted by atomic mass is 9.81. The van der Waals surface area contributed by atoms with Crippen molar-refractivity contribution in [2.45, 2.75) is 31.1 Å². The van der Waals surface area contributed by atoms with Crippen molar-refractivity contribution in [3.63, 3.8) is 0 Å². The average Bonchev–Trinajstić information content (AvgIpc) is 2.97. The number of carbonyl (C=O) groups excluding carboxylic acids is 1. The number of anilines is 1. The van der Waals surface area contributed by atoms with E-state index < -0.39 is 0 Å². The summed E-state index contributed by atoms with van der Waals surface area (Å²) in [6.45, 7) is 0.831. The van der Waals surface area contributed by atoms with Crippen molar-refractivity contribution in [1.29, 1.82) is 0 Å². The van der Waals surface area contributed by atoms with Crippen LogP contribution in [0.15, 0.2) is 24.3 Å². The Kier molecular flexibility index (Phi) is 2.62. The van der Waals surface area contributed by atoms with Crippen LogP contribution in [0.4, 0.5) is 5.69 Å². The largest absolute Gasteiger partial charge is 0.310 e. The molecule has 0 atom stereocenters. The number of alkyl halides is 1. The fraction of sp³-hybridized carbons (Fsp3) is 0.500. The standard InChI is InChI=1S/C14H16ClNO/c15-9-13(17)16-10-14(7-3-4-8-14)11-5-1-2-6-12(11)16/h1-2,5-6H,3-4,7-10H2. The van der Waals surface area contributed by atoms with Crippen LogP contribution in [0, 0.1) is 0 Å². The highest BCUT2D eigenvalue weighted by atomic mass is 35.5. The maximum Gasteiger partial charge on any atom is 0.241 e. The molecule has 0 bridgehead atoms. The van der Waals surface area contributed by atoms with Crippen LogP contribution >= 0.6 is 11.6 Å². The van der Waals surface area contributed by atoms with Crippen LogP contribution in [0.5, 0.6) is 0 Å². The van der Waals surface area contributed by atoms with E-state index in [0.29, 0.717) is 0 Å². The monoisotopic (exact) mass is 249 g/mol. The molecule has 1 aromatic rings. The van der Waals surface area contributed by atoms with Crippen LogP contribution in [0.3, 0.4) is 0 Å². The van der Waals surface area contributed by atoms with E-state index in [1.165, 1.54) is 31.2 Å². The molecule has 90 valence electrons. The first kappa shape index (κ1) is 11.1. The SMILES string of the molecule is O=C(CCl)N1CC2(CCCC2)c2ccccc21. The highest BCUT2D eigenvalue weighted by molar-refractivity contribution is 6.29. The van der Waals surface area contributed by atoms with Crippen LogP contribution in [-0.4, -0.2) is 18.3 Å². The maximum absolute atomic E-state index is 11.9. The lowest BCUT2D eigenvalue weighted by molar-refractivity contribution is -0.116. The summed E-state index contributed by atoms with van der Waals surface area (Å²) in [5.41, 5.74) is 2.66. The van der Waals surface area contributed by atoms with Gasteiger partial charge in [-0.3, -0.25) is 4.79 Å². The summed E-state index contributed by atoms with van der Waals surface area (Å²) < 4.78 is 0. The smallest absolute Gasteiger partial charge is 0.241 e. The van der Waals surface area contributed by atoms with E-state index in [9.17, 15) is 4.79 Å². The lowest BCUT2D eigenvalue weighted by Gasteiger charge is -2.24. The van der Waals surface area contributed by atoms with Crippen molar-refractivity contribution in [2.75, 3.05) is 17.3 Å². The molecule has 1 fully saturated rings. The summed E-state index contributed by atoms with van der Waals surface area (Å²) in [4.78, 5) is 13.8. The van der Waals surface area contributed by atoms with Crippen molar-refractivity contribution in [2.24, 2.45) is 0 Å². The number of nitrogens with zero attached hydrogens (tertiary/aromatic N) is 1. The highest BCUT2D eigenvalue weighted by Crippen LogP contribution is 2.50. The number of benzene rings is 1. The van der Waals surface area contributed by atoms with Gasteiger partial charge in [0.15, 0.2) is 0 Å².